The number of benzene rings is 2. The van der Waals surface area contributed by atoms with Crippen LogP contribution in [0.15, 0.2) is 42.6 Å². The highest BCUT2D eigenvalue weighted by molar-refractivity contribution is 5.99. The van der Waals surface area contributed by atoms with Crippen LogP contribution >= 0.6 is 0 Å². The lowest BCUT2D eigenvalue weighted by Gasteiger charge is -2.13. The lowest BCUT2D eigenvalue weighted by Crippen LogP contribution is -2.29. The van der Waals surface area contributed by atoms with E-state index in [1.165, 1.54) is 6.07 Å². The Labute approximate surface area is 169 Å². The highest BCUT2D eigenvalue weighted by Crippen LogP contribution is 2.38. The third kappa shape index (κ3) is 3.08. The Kier molecular flexibility index (Phi) is 4.21. The molecule has 2 aliphatic heterocycles. The molecule has 5 nitrogen and oxygen atoms in total. The number of carbonyl (C=O) groups is 1. The number of aromatic nitrogens is 1. The number of hydrogen-bond acceptors (Lipinski definition) is 4. The van der Waals surface area contributed by atoms with Crippen LogP contribution in [0.1, 0.15) is 51.7 Å². The first-order valence-electron chi connectivity index (χ1n) is 9.49. The first-order valence-corrected chi connectivity index (χ1v) is 9.49. The number of halogens is 3. The molecule has 2 aromatic carbocycles. The minimum absolute atomic E-state index is 0.0388. The molecule has 0 bridgehead atoms. The summed E-state index contributed by atoms with van der Waals surface area (Å²) >= 11 is 0. The topological polar surface area (TPSA) is 60.5 Å². The molecule has 154 valence electrons. The van der Waals surface area contributed by atoms with E-state index in [0.29, 0.717) is 17.7 Å². The zero-order valence-electron chi connectivity index (χ0n) is 15.9. The number of ether oxygens (including phenoxy) is 2. The van der Waals surface area contributed by atoms with E-state index in [1.807, 2.05) is 6.92 Å². The quantitative estimate of drug-likeness (QED) is 0.660. The van der Waals surface area contributed by atoms with Crippen LogP contribution in [-0.4, -0.2) is 17.5 Å². The van der Waals surface area contributed by atoms with Crippen molar-refractivity contribution in [2.75, 3.05) is 6.61 Å². The van der Waals surface area contributed by atoms with Crippen LogP contribution in [0.2, 0.25) is 0 Å². The zero-order valence-corrected chi connectivity index (χ0v) is 15.9. The van der Waals surface area contributed by atoms with Crippen molar-refractivity contribution in [1.29, 1.82) is 0 Å². The number of hydrogen-bond donors (Lipinski definition) is 1. The molecule has 0 radical (unpaired) electrons. The van der Waals surface area contributed by atoms with Gasteiger partial charge in [0.2, 0.25) is 0 Å². The van der Waals surface area contributed by atoms with Gasteiger partial charge in [0.05, 0.1) is 29.8 Å². The van der Waals surface area contributed by atoms with Gasteiger partial charge in [-0.05, 0) is 42.8 Å². The van der Waals surface area contributed by atoms with Crippen molar-refractivity contribution in [2.24, 2.45) is 0 Å². The molecular formula is C22H17F3N2O3. The monoisotopic (exact) mass is 414 g/mol. The molecule has 1 aromatic heterocycles. The molecule has 1 amide bonds. The lowest BCUT2D eigenvalue weighted by atomic mass is 10.0. The molecule has 2 atom stereocenters. The first-order chi connectivity index (χ1) is 14.3. The van der Waals surface area contributed by atoms with Gasteiger partial charge in [0, 0.05) is 28.3 Å². The standard InChI is InChI=1S/C22H17F3N2O3/c1-11-16-8-26-18-5-2-12(6-15(18)17(16)9-29-11)21(28)27-19-10-30-20-7-13(22(23,24)25)3-4-14(19)20/h2-8,11,19H,9-10H2,1H3,(H,27,28)/t11?,19-/m1/s1. The average Bonchev–Trinajstić information content (AvgIpc) is 3.30. The number of pyridine rings is 1. The largest absolute Gasteiger partial charge is 0.491 e. The predicted molar refractivity (Wildman–Crippen MR) is 102 cm³/mol. The average molecular weight is 414 g/mol. The molecule has 3 aromatic rings. The van der Waals surface area contributed by atoms with Crippen molar-refractivity contribution in [3.05, 3.63) is 70.4 Å². The van der Waals surface area contributed by atoms with E-state index >= 15 is 0 Å². The summed E-state index contributed by atoms with van der Waals surface area (Å²) in [6.07, 6.45) is -2.68. The summed E-state index contributed by atoms with van der Waals surface area (Å²) in [5.41, 5.74) is 3.01. The summed E-state index contributed by atoms with van der Waals surface area (Å²) in [4.78, 5) is 17.3. The van der Waals surface area contributed by atoms with Crippen LogP contribution in [0.3, 0.4) is 0 Å². The molecule has 0 saturated carbocycles. The van der Waals surface area contributed by atoms with Crippen LogP contribution in [0.5, 0.6) is 5.75 Å². The Morgan fingerprint density at radius 3 is 2.80 bits per heavy atom. The fourth-order valence-corrected chi connectivity index (χ4v) is 3.96. The van der Waals surface area contributed by atoms with E-state index in [1.54, 1.807) is 24.4 Å². The third-order valence-electron chi connectivity index (χ3n) is 5.62. The first kappa shape index (κ1) is 18.9. The number of rotatable bonds is 2. The van der Waals surface area contributed by atoms with Crippen LogP contribution in [-0.2, 0) is 17.5 Å². The SMILES string of the molecule is CC1OCc2c1cnc1ccc(C(=O)N[C@@H]3COc4cc(C(F)(F)F)ccc43)cc21. The second kappa shape index (κ2) is 6.70. The van der Waals surface area contributed by atoms with Crippen molar-refractivity contribution in [1.82, 2.24) is 10.3 Å². The van der Waals surface area contributed by atoms with E-state index in [0.717, 1.165) is 34.2 Å². The summed E-state index contributed by atoms with van der Waals surface area (Å²) in [6.45, 7) is 2.50. The Morgan fingerprint density at radius 1 is 1.17 bits per heavy atom. The van der Waals surface area contributed by atoms with Crippen molar-refractivity contribution < 1.29 is 27.4 Å². The van der Waals surface area contributed by atoms with Gasteiger partial charge in [-0.15, -0.1) is 0 Å². The smallest absolute Gasteiger partial charge is 0.416 e. The minimum Gasteiger partial charge on any atom is -0.491 e. The molecule has 1 N–H and O–H groups in total. The maximum atomic E-state index is 12.9. The Balaban J connectivity index is 1.41. The fourth-order valence-electron chi connectivity index (χ4n) is 3.96. The van der Waals surface area contributed by atoms with Crippen molar-refractivity contribution >= 4 is 16.8 Å². The van der Waals surface area contributed by atoms with E-state index in [4.69, 9.17) is 9.47 Å². The highest BCUT2D eigenvalue weighted by Gasteiger charge is 2.34. The number of nitrogens with zero attached hydrogens (tertiary/aromatic N) is 1. The molecule has 0 fully saturated rings. The van der Waals surface area contributed by atoms with Crippen LogP contribution < -0.4 is 10.1 Å². The second-order valence-electron chi connectivity index (χ2n) is 7.46. The van der Waals surface area contributed by atoms with Gasteiger partial charge >= 0.3 is 6.18 Å². The number of nitrogens with one attached hydrogen (secondary N) is 1. The van der Waals surface area contributed by atoms with E-state index in [-0.39, 0.29) is 24.4 Å². The molecule has 0 saturated heterocycles. The predicted octanol–water partition coefficient (Wildman–Crippen LogP) is 4.71. The summed E-state index contributed by atoms with van der Waals surface area (Å²) in [6, 6.07) is 8.04. The Hall–Kier alpha value is -3.13. The normalized spacial score (nSPS) is 20.0. The van der Waals surface area contributed by atoms with Gasteiger partial charge in [-0.2, -0.15) is 13.2 Å². The Morgan fingerprint density at radius 2 is 2.00 bits per heavy atom. The molecule has 2 aliphatic rings. The fraction of sp³-hybridized carbons (Fsp3) is 0.273. The third-order valence-corrected chi connectivity index (χ3v) is 5.62. The summed E-state index contributed by atoms with van der Waals surface area (Å²) in [7, 11) is 0. The van der Waals surface area contributed by atoms with Gasteiger partial charge in [0.25, 0.3) is 5.91 Å². The minimum atomic E-state index is -4.44. The van der Waals surface area contributed by atoms with Crippen molar-refractivity contribution in [3.63, 3.8) is 0 Å². The maximum Gasteiger partial charge on any atom is 0.416 e. The molecule has 0 aliphatic carbocycles. The zero-order chi connectivity index (χ0) is 21.0. The maximum absolute atomic E-state index is 12.9. The van der Waals surface area contributed by atoms with Gasteiger partial charge in [-0.1, -0.05) is 6.07 Å². The molecule has 3 heterocycles. The van der Waals surface area contributed by atoms with Crippen molar-refractivity contribution in [3.8, 4) is 5.75 Å². The van der Waals surface area contributed by atoms with E-state index < -0.39 is 17.8 Å². The van der Waals surface area contributed by atoms with Gasteiger partial charge < -0.3 is 14.8 Å². The lowest BCUT2D eigenvalue weighted by molar-refractivity contribution is -0.137. The van der Waals surface area contributed by atoms with Gasteiger partial charge in [0.15, 0.2) is 0 Å². The number of alkyl halides is 3. The van der Waals surface area contributed by atoms with Crippen LogP contribution in [0, 0.1) is 0 Å². The summed E-state index contributed by atoms with van der Waals surface area (Å²) < 4.78 is 49.7. The Bertz CT molecular complexity index is 1180. The van der Waals surface area contributed by atoms with E-state index in [2.05, 4.69) is 10.3 Å². The van der Waals surface area contributed by atoms with Gasteiger partial charge in [-0.3, -0.25) is 9.78 Å². The molecule has 0 spiro atoms. The molecule has 1 unspecified atom stereocenters. The molecule has 30 heavy (non-hydrogen) atoms. The van der Waals surface area contributed by atoms with Gasteiger partial charge in [-0.25, -0.2) is 0 Å². The summed E-state index contributed by atoms with van der Waals surface area (Å²) in [5.74, 6) is -0.190. The van der Waals surface area contributed by atoms with E-state index in [9.17, 15) is 18.0 Å². The van der Waals surface area contributed by atoms with Crippen LogP contribution in [0.25, 0.3) is 10.9 Å². The molecular weight excluding hydrogens is 397 g/mol. The van der Waals surface area contributed by atoms with Gasteiger partial charge in [0.1, 0.15) is 12.4 Å². The summed E-state index contributed by atoms with van der Waals surface area (Å²) in [5, 5.41) is 3.72. The molecule has 5 rings (SSSR count). The number of carbonyl (C=O) groups excluding carboxylic acids is 1. The number of amides is 1. The second-order valence-corrected chi connectivity index (χ2v) is 7.46. The highest BCUT2D eigenvalue weighted by atomic mass is 19.4. The van der Waals surface area contributed by atoms with Crippen LogP contribution in [0.4, 0.5) is 13.2 Å². The molecule has 8 heteroatoms. The number of fused-ring (bicyclic) bond motifs is 4. The van der Waals surface area contributed by atoms with Crippen molar-refractivity contribution in [2.45, 2.75) is 31.9 Å².